The van der Waals surface area contributed by atoms with E-state index in [1.807, 2.05) is 0 Å². The second-order valence-corrected chi connectivity index (χ2v) is 0.599. The molecule has 28 valence electrons. The minimum atomic E-state index is 1.38. The van der Waals surface area contributed by atoms with Crippen molar-refractivity contribution in [2.75, 3.05) is 14.2 Å². The van der Waals surface area contributed by atoms with Crippen molar-refractivity contribution in [2.24, 2.45) is 4.90 Å². The normalized spacial score (nSPS) is 7.60. The SMILES string of the molecule is CN=BOC. The molecule has 0 heterocycles. The van der Waals surface area contributed by atoms with Crippen molar-refractivity contribution in [1.82, 2.24) is 0 Å². The fourth-order valence-corrected chi connectivity index (χ4v) is 0.105. The first-order chi connectivity index (χ1) is 2.41. The molecular weight excluding hydrogens is 64.8 g/mol. The second kappa shape index (κ2) is 3.66. The molecule has 0 bridgehead atoms. The summed E-state index contributed by atoms with van der Waals surface area (Å²) in [6.07, 6.45) is 0. The van der Waals surface area contributed by atoms with Crippen LogP contribution in [0.15, 0.2) is 4.90 Å². The molecule has 3 heteroatoms. The Balaban J connectivity index is 2.62. The van der Waals surface area contributed by atoms with Crippen LogP contribution in [0.5, 0.6) is 0 Å². The molecule has 0 aromatic heterocycles. The predicted molar refractivity (Wildman–Crippen MR) is 21.1 cm³/mol. The first kappa shape index (κ1) is 4.66. The molecule has 0 atom stereocenters. The van der Waals surface area contributed by atoms with Crippen LogP contribution >= 0.6 is 0 Å². The van der Waals surface area contributed by atoms with Gasteiger partial charge in [-0.25, -0.2) is 0 Å². The van der Waals surface area contributed by atoms with Gasteiger partial charge in [-0.05, 0) is 0 Å². The van der Waals surface area contributed by atoms with E-state index in [1.165, 1.54) is 7.27 Å². The third-order valence-electron chi connectivity index (χ3n) is 0.211. The fourth-order valence-electron chi connectivity index (χ4n) is 0.105. The zero-order valence-electron chi connectivity index (χ0n) is 3.43. The van der Waals surface area contributed by atoms with E-state index in [0.29, 0.717) is 0 Å². The summed E-state index contributed by atoms with van der Waals surface area (Å²) in [5.41, 5.74) is 0. The summed E-state index contributed by atoms with van der Waals surface area (Å²) in [6.45, 7) is 0. The van der Waals surface area contributed by atoms with Crippen molar-refractivity contribution in [3.63, 3.8) is 0 Å². The molecule has 0 N–H and O–H groups in total. The molecule has 0 aromatic rings. The quantitative estimate of drug-likeness (QED) is 0.400. The van der Waals surface area contributed by atoms with Crippen molar-refractivity contribution >= 4 is 7.27 Å². The number of nitrogens with zero attached hydrogens (tertiary/aromatic N) is 1. The molecule has 0 saturated heterocycles. The number of hydrogen-bond donors (Lipinski definition) is 0. The zero-order valence-corrected chi connectivity index (χ0v) is 3.43. The van der Waals surface area contributed by atoms with Gasteiger partial charge in [0.1, 0.15) is 0 Å². The van der Waals surface area contributed by atoms with Crippen LogP contribution in [-0.4, -0.2) is 21.4 Å². The Hall–Kier alpha value is -0.335. The molecule has 0 amide bonds. The molecular formula is C2H6BNO. The van der Waals surface area contributed by atoms with Crippen LogP contribution in [0.1, 0.15) is 0 Å². The fraction of sp³-hybridized carbons (Fsp3) is 1.00. The molecule has 0 spiro atoms. The van der Waals surface area contributed by atoms with Crippen LogP contribution in [0.25, 0.3) is 0 Å². The molecule has 5 heavy (non-hydrogen) atoms. The van der Waals surface area contributed by atoms with Gasteiger partial charge in [-0.15, -0.1) is 0 Å². The third-order valence-corrected chi connectivity index (χ3v) is 0.211. The number of rotatable bonds is 1. The van der Waals surface area contributed by atoms with E-state index in [0.717, 1.165) is 0 Å². The molecule has 0 aliphatic rings. The Labute approximate surface area is 32.1 Å². The summed E-state index contributed by atoms with van der Waals surface area (Å²) in [5, 5.41) is 0. The van der Waals surface area contributed by atoms with Crippen molar-refractivity contribution in [1.29, 1.82) is 0 Å². The molecule has 0 radical (unpaired) electrons. The summed E-state index contributed by atoms with van der Waals surface area (Å²) >= 11 is 0. The average Bonchev–Trinajstić information content (AvgIpc) is 1.41. The van der Waals surface area contributed by atoms with Crippen molar-refractivity contribution in [3.8, 4) is 0 Å². The standard InChI is InChI=1S/C2H6BNO/c1-4-3-5-2/h1-2H3. The maximum absolute atomic E-state index is 4.40. The van der Waals surface area contributed by atoms with Crippen molar-refractivity contribution in [3.05, 3.63) is 0 Å². The van der Waals surface area contributed by atoms with E-state index >= 15 is 0 Å². The van der Waals surface area contributed by atoms with Gasteiger partial charge in [-0.1, -0.05) is 0 Å². The summed E-state index contributed by atoms with van der Waals surface area (Å²) in [7, 11) is 4.59. The predicted octanol–water partition coefficient (Wildman–Crippen LogP) is 0.0654. The Kier molecular flexibility index (Phi) is 3.42. The van der Waals surface area contributed by atoms with Gasteiger partial charge in [0, 0.05) is 0 Å². The van der Waals surface area contributed by atoms with Gasteiger partial charge in [0.2, 0.25) is 0 Å². The van der Waals surface area contributed by atoms with Gasteiger partial charge in [0.05, 0.1) is 0 Å². The van der Waals surface area contributed by atoms with Gasteiger partial charge in [0.15, 0.2) is 0 Å². The molecule has 0 fully saturated rings. The molecule has 0 unspecified atom stereocenters. The van der Waals surface area contributed by atoms with Gasteiger partial charge >= 0.3 is 31.0 Å². The van der Waals surface area contributed by atoms with Gasteiger partial charge < -0.3 is 0 Å². The van der Waals surface area contributed by atoms with Crippen LogP contribution in [0.3, 0.4) is 0 Å². The van der Waals surface area contributed by atoms with Crippen LogP contribution in [0.2, 0.25) is 0 Å². The summed E-state index contributed by atoms with van der Waals surface area (Å²) < 4.78 is 4.40. The average molecular weight is 70.9 g/mol. The monoisotopic (exact) mass is 71.1 g/mol. The minimum absolute atomic E-state index is 1.38. The van der Waals surface area contributed by atoms with Crippen molar-refractivity contribution in [2.45, 2.75) is 0 Å². The molecule has 2 nitrogen and oxygen atoms in total. The van der Waals surface area contributed by atoms with E-state index in [1.54, 1.807) is 14.2 Å². The maximum atomic E-state index is 4.40. The van der Waals surface area contributed by atoms with E-state index in [4.69, 9.17) is 0 Å². The van der Waals surface area contributed by atoms with Crippen molar-refractivity contribution < 1.29 is 4.65 Å². The molecule has 0 aliphatic heterocycles. The Morgan fingerprint density at radius 1 is 1.80 bits per heavy atom. The second-order valence-electron chi connectivity index (χ2n) is 0.599. The van der Waals surface area contributed by atoms with Crippen LogP contribution in [-0.2, 0) is 4.65 Å². The Morgan fingerprint density at radius 3 is 2.40 bits per heavy atom. The van der Waals surface area contributed by atoms with E-state index in [2.05, 4.69) is 9.55 Å². The topological polar surface area (TPSA) is 21.6 Å². The van der Waals surface area contributed by atoms with E-state index in [-0.39, 0.29) is 0 Å². The Bertz CT molecular complexity index is 36.6. The van der Waals surface area contributed by atoms with Crippen LogP contribution in [0.4, 0.5) is 0 Å². The number of hydrogen-bond acceptors (Lipinski definition) is 2. The molecule has 0 rings (SSSR count). The summed E-state index contributed by atoms with van der Waals surface area (Å²) in [6, 6.07) is 0. The van der Waals surface area contributed by atoms with Gasteiger partial charge in [-0.2, -0.15) is 0 Å². The van der Waals surface area contributed by atoms with E-state index < -0.39 is 0 Å². The molecule has 0 aromatic carbocycles. The van der Waals surface area contributed by atoms with E-state index in [9.17, 15) is 0 Å². The first-order valence-electron chi connectivity index (χ1n) is 1.35. The van der Waals surface area contributed by atoms with Crippen LogP contribution in [0, 0.1) is 0 Å². The van der Waals surface area contributed by atoms with Gasteiger partial charge in [0.25, 0.3) is 0 Å². The molecule has 0 saturated carbocycles. The third kappa shape index (κ3) is 3.66. The summed E-state index contributed by atoms with van der Waals surface area (Å²) in [5.74, 6) is 0. The first-order valence-corrected chi connectivity index (χ1v) is 1.35. The van der Waals surface area contributed by atoms with Gasteiger partial charge in [-0.3, -0.25) is 0 Å². The van der Waals surface area contributed by atoms with Crippen LogP contribution < -0.4 is 0 Å². The molecule has 0 aliphatic carbocycles. The zero-order chi connectivity index (χ0) is 4.12. The Morgan fingerprint density at radius 2 is 2.40 bits per heavy atom. The summed E-state index contributed by atoms with van der Waals surface area (Å²) in [4.78, 5) is 3.51.